The van der Waals surface area contributed by atoms with E-state index in [-0.39, 0.29) is 0 Å². The molecular weight excluding hydrogens is 350 g/mol. The molecule has 2 heterocycles. The van der Waals surface area contributed by atoms with Gasteiger partial charge in [0, 0.05) is 39.5 Å². The summed E-state index contributed by atoms with van der Waals surface area (Å²) in [4.78, 5) is 11.2. The van der Waals surface area contributed by atoms with Gasteiger partial charge >= 0.3 is 0 Å². The van der Waals surface area contributed by atoms with Crippen molar-refractivity contribution in [2.45, 2.75) is 20.3 Å². The molecule has 0 atom stereocenters. The largest absolute Gasteiger partial charge is 0.491 e. The van der Waals surface area contributed by atoms with E-state index in [4.69, 9.17) is 9.72 Å². The lowest BCUT2D eigenvalue weighted by Crippen LogP contribution is -2.41. The molecule has 28 heavy (non-hydrogen) atoms. The molecule has 2 aromatic heterocycles. The summed E-state index contributed by atoms with van der Waals surface area (Å²) in [5.74, 6) is 1.79. The average Bonchev–Trinajstić information content (AvgIpc) is 3.11. The number of aryl methyl sites for hydroxylation is 2. The minimum absolute atomic E-state index is 0.605. The molecule has 0 radical (unpaired) electrons. The molecule has 3 aromatic rings. The first-order chi connectivity index (χ1) is 13.6. The third kappa shape index (κ3) is 4.82. The summed E-state index contributed by atoms with van der Waals surface area (Å²) < 4.78 is 7.96. The third-order valence-corrected chi connectivity index (χ3v) is 4.74. The van der Waals surface area contributed by atoms with Crippen molar-refractivity contribution in [3.8, 4) is 5.75 Å². The van der Waals surface area contributed by atoms with Crippen molar-refractivity contribution in [1.82, 2.24) is 19.6 Å². The molecule has 0 fully saturated rings. The Bertz CT molecular complexity index is 947. The summed E-state index contributed by atoms with van der Waals surface area (Å²) >= 11 is 0. The maximum absolute atomic E-state index is 5.88. The number of hydrogen-bond donors (Lipinski definition) is 1. The van der Waals surface area contributed by atoms with Gasteiger partial charge in [-0.15, -0.1) is 0 Å². The first kappa shape index (κ1) is 19.7. The van der Waals surface area contributed by atoms with Gasteiger partial charge in [0.2, 0.25) is 0 Å². The number of rotatable bonds is 7. The Morgan fingerprint density at radius 3 is 2.71 bits per heavy atom. The molecule has 0 saturated heterocycles. The van der Waals surface area contributed by atoms with Crippen molar-refractivity contribution in [3.05, 3.63) is 65.6 Å². The predicted octanol–water partition coefficient (Wildman–Crippen LogP) is 3.08. The minimum Gasteiger partial charge on any atom is -0.491 e. The summed E-state index contributed by atoms with van der Waals surface area (Å²) in [5.41, 5.74) is 4.43. The Hall–Kier alpha value is -3.02. The quantitative estimate of drug-likeness (QED) is 0.506. The van der Waals surface area contributed by atoms with Crippen molar-refractivity contribution in [2.75, 3.05) is 33.8 Å². The molecule has 0 spiro atoms. The second-order valence-corrected chi connectivity index (χ2v) is 6.91. The van der Waals surface area contributed by atoms with E-state index in [9.17, 15) is 0 Å². The van der Waals surface area contributed by atoms with Crippen LogP contribution in [0, 0.1) is 13.8 Å². The lowest BCUT2D eigenvalue weighted by molar-refractivity contribution is 0.280. The minimum atomic E-state index is 0.605. The predicted molar refractivity (Wildman–Crippen MR) is 114 cm³/mol. The highest BCUT2D eigenvalue weighted by molar-refractivity contribution is 5.79. The SMILES string of the molecule is CN=C(NCCc1cn2cccc(C)c2n1)N(C)CCOc1ccccc1C. The number of fused-ring (bicyclic) bond motifs is 1. The molecule has 0 bridgehead atoms. The number of hydrogen-bond acceptors (Lipinski definition) is 3. The first-order valence-electron chi connectivity index (χ1n) is 9.62. The van der Waals surface area contributed by atoms with E-state index in [0.717, 1.165) is 48.1 Å². The number of ether oxygens (including phenoxy) is 1. The van der Waals surface area contributed by atoms with E-state index in [1.807, 2.05) is 37.5 Å². The molecule has 0 aliphatic heterocycles. The monoisotopic (exact) mass is 379 g/mol. The van der Waals surface area contributed by atoms with Crippen LogP contribution in [0.4, 0.5) is 0 Å². The number of nitrogens with one attached hydrogen (secondary N) is 1. The van der Waals surface area contributed by atoms with Crippen LogP contribution >= 0.6 is 0 Å². The number of nitrogens with zero attached hydrogens (tertiary/aromatic N) is 4. The molecule has 6 heteroatoms. The molecule has 3 rings (SSSR count). The Balaban J connectivity index is 1.46. The second kappa shape index (κ2) is 9.26. The van der Waals surface area contributed by atoms with Gasteiger partial charge in [0.15, 0.2) is 5.96 Å². The highest BCUT2D eigenvalue weighted by atomic mass is 16.5. The van der Waals surface area contributed by atoms with Gasteiger partial charge in [-0.1, -0.05) is 24.3 Å². The van der Waals surface area contributed by atoms with E-state index >= 15 is 0 Å². The standard InChI is InChI=1S/C22H29N5O/c1-17-8-5-6-10-20(17)28-15-14-26(4)22(23-3)24-12-11-19-16-27-13-7-9-18(2)21(27)25-19/h5-10,13,16H,11-12,14-15H2,1-4H3,(H,23,24). The van der Waals surface area contributed by atoms with Crippen LogP contribution in [0.1, 0.15) is 16.8 Å². The van der Waals surface area contributed by atoms with Crippen molar-refractivity contribution in [1.29, 1.82) is 0 Å². The fourth-order valence-electron chi connectivity index (χ4n) is 3.13. The zero-order valence-corrected chi connectivity index (χ0v) is 17.1. The van der Waals surface area contributed by atoms with Crippen molar-refractivity contribution < 1.29 is 4.74 Å². The first-order valence-corrected chi connectivity index (χ1v) is 9.62. The van der Waals surface area contributed by atoms with Gasteiger partial charge in [-0.05, 0) is 37.1 Å². The van der Waals surface area contributed by atoms with Gasteiger partial charge in [0.1, 0.15) is 18.0 Å². The summed E-state index contributed by atoms with van der Waals surface area (Å²) in [7, 11) is 3.82. The normalized spacial score (nSPS) is 11.6. The van der Waals surface area contributed by atoms with Gasteiger partial charge in [0.05, 0.1) is 12.2 Å². The maximum Gasteiger partial charge on any atom is 0.193 e. The fourth-order valence-corrected chi connectivity index (χ4v) is 3.13. The second-order valence-electron chi connectivity index (χ2n) is 6.91. The van der Waals surface area contributed by atoms with Gasteiger partial charge < -0.3 is 19.4 Å². The van der Waals surface area contributed by atoms with Gasteiger partial charge in [0.25, 0.3) is 0 Å². The number of pyridine rings is 1. The van der Waals surface area contributed by atoms with Gasteiger partial charge in [-0.25, -0.2) is 4.98 Å². The zero-order chi connectivity index (χ0) is 19.9. The maximum atomic E-state index is 5.88. The van der Waals surface area contributed by atoms with Crippen molar-refractivity contribution in [2.24, 2.45) is 4.99 Å². The zero-order valence-electron chi connectivity index (χ0n) is 17.1. The summed E-state index contributed by atoms with van der Waals surface area (Å²) in [6, 6.07) is 12.2. The Labute approximate surface area is 166 Å². The number of para-hydroxylation sites is 1. The molecule has 0 saturated carbocycles. The number of imidazole rings is 1. The molecule has 0 aliphatic carbocycles. The third-order valence-electron chi connectivity index (χ3n) is 4.74. The van der Waals surface area contributed by atoms with Crippen LogP contribution in [0.3, 0.4) is 0 Å². The topological polar surface area (TPSA) is 54.2 Å². The van der Waals surface area contributed by atoms with Crippen LogP contribution in [0.15, 0.2) is 53.8 Å². The Kier molecular flexibility index (Phi) is 6.53. The van der Waals surface area contributed by atoms with E-state index in [2.05, 4.69) is 51.8 Å². The molecular formula is C22H29N5O. The van der Waals surface area contributed by atoms with Crippen LogP contribution in [0.5, 0.6) is 5.75 Å². The van der Waals surface area contributed by atoms with E-state index in [0.29, 0.717) is 6.61 Å². The molecule has 1 aromatic carbocycles. The molecule has 0 unspecified atom stereocenters. The Morgan fingerprint density at radius 1 is 1.18 bits per heavy atom. The molecule has 0 aliphatic rings. The fraction of sp³-hybridized carbons (Fsp3) is 0.364. The summed E-state index contributed by atoms with van der Waals surface area (Å²) in [6.07, 6.45) is 4.97. The molecule has 0 amide bonds. The number of benzene rings is 1. The lowest BCUT2D eigenvalue weighted by atomic mass is 10.2. The van der Waals surface area contributed by atoms with Crippen LogP contribution in [0.2, 0.25) is 0 Å². The molecule has 6 nitrogen and oxygen atoms in total. The van der Waals surface area contributed by atoms with E-state index in [1.54, 1.807) is 7.05 Å². The molecule has 1 N–H and O–H groups in total. The summed E-state index contributed by atoms with van der Waals surface area (Å²) in [6.45, 7) is 6.27. The number of likely N-dealkylation sites (N-methyl/N-ethyl adjacent to an activating group) is 1. The molecule has 148 valence electrons. The number of aromatic nitrogens is 2. The summed E-state index contributed by atoms with van der Waals surface area (Å²) in [5, 5.41) is 3.41. The van der Waals surface area contributed by atoms with Gasteiger partial charge in [-0.2, -0.15) is 0 Å². The van der Waals surface area contributed by atoms with Crippen molar-refractivity contribution >= 4 is 11.6 Å². The van der Waals surface area contributed by atoms with Crippen LogP contribution < -0.4 is 10.1 Å². The van der Waals surface area contributed by atoms with Crippen LogP contribution in [-0.2, 0) is 6.42 Å². The Morgan fingerprint density at radius 2 is 1.96 bits per heavy atom. The average molecular weight is 380 g/mol. The number of aliphatic imine (C=N–C) groups is 1. The number of guanidine groups is 1. The highest BCUT2D eigenvalue weighted by Crippen LogP contribution is 2.15. The van der Waals surface area contributed by atoms with Crippen molar-refractivity contribution in [3.63, 3.8) is 0 Å². The van der Waals surface area contributed by atoms with Crippen LogP contribution in [-0.4, -0.2) is 54.0 Å². The van der Waals surface area contributed by atoms with Crippen LogP contribution in [0.25, 0.3) is 5.65 Å². The lowest BCUT2D eigenvalue weighted by Gasteiger charge is -2.22. The van der Waals surface area contributed by atoms with Gasteiger partial charge in [-0.3, -0.25) is 4.99 Å². The van der Waals surface area contributed by atoms with E-state index in [1.165, 1.54) is 5.56 Å². The smallest absolute Gasteiger partial charge is 0.193 e. The van der Waals surface area contributed by atoms with E-state index < -0.39 is 0 Å². The highest BCUT2D eigenvalue weighted by Gasteiger charge is 2.08.